The van der Waals surface area contributed by atoms with Crippen molar-refractivity contribution in [3.05, 3.63) is 51.6 Å². The van der Waals surface area contributed by atoms with Crippen molar-refractivity contribution in [1.82, 2.24) is 24.1 Å². The largest absolute Gasteiger partial charge is 0.297 e. The fourth-order valence-electron chi connectivity index (χ4n) is 3.55. The fourth-order valence-corrected chi connectivity index (χ4v) is 4.27. The van der Waals surface area contributed by atoms with E-state index < -0.39 is 0 Å². The van der Waals surface area contributed by atoms with Gasteiger partial charge in [0, 0.05) is 41.8 Å². The minimum Gasteiger partial charge on any atom is -0.297 e. The zero-order valence-electron chi connectivity index (χ0n) is 15.6. The van der Waals surface area contributed by atoms with Crippen molar-refractivity contribution in [2.24, 2.45) is 0 Å². The third kappa shape index (κ3) is 3.46. The zero-order chi connectivity index (χ0) is 18.3. The summed E-state index contributed by atoms with van der Waals surface area (Å²) in [6.45, 7) is 8.88. The topological polar surface area (TPSA) is 55.4 Å². The molecule has 0 N–H and O–H groups in total. The summed E-state index contributed by atoms with van der Waals surface area (Å²) in [6.07, 6.45) is 6.39. The summed E-state index contributed by atoms with van der Waals surface area (Å²) in [6, 6.07) is 3.83. The van der Waals surface area contributed by atoms with E-state index in [1.807, 2.05) is 17.6 Å². The van der Waals surface area contributed by atoms with Crippen molar-refractivity contribution in [2.75, 3.05) is 6.54 Å². The molecule has 0 aliphatic carbocycles. The molecular formula is C19H25N5OS. The summed E-state index contributed by atoms with van der Waals surface area (Å²) in [7, 11) is 0. The summed E-state index contributed by atoms with van der Waals surface area (Å²) in [5.41, 5.74) is 1.96. The lowest BCUT2D eigenvalue weighted by molar-refractivity contribution is 0.214. The van der Waals surface area contributed by atoms with Crippen molar-refractivity contribution in [3.8, 4) is 0 Å². The first kappa shape index (κ1) is 17.4. The predicted molar refractivity (Wildman–Crippen MR) is 104 cm³/mol. The van der Waals surface area contributed by atoms with E-state index in [-0.39, 0.29) is 11.0 Å². The van der Waals surface area contributed by atoms with Gasteiger partial charge in [0.25, 0.3) is 5.56 Å². The molecule has 1 atom stereocenters. The van der Waals surface area contributed by atoms with E-state index in [0.717, 1.165) is 42.3 Å². The molecule has 26 heavy (non-hydrogen) atoms. The lowest BCUT2D eigenvalue weighted by atomic mass is 9.92. The number of imidazole rings is 1. The molecule has 3 aromatic rings. The molecular weight excluding hydrogens is 346 g/mol. The maximum absolute atomic E-state index is 12.3. The summed E-state index contributed by atoms with van der Waals surface area (Å²) < 4.78 is 3.72. The molecule has 1 saturated heterocycles. The van der Waals surface area contributed by atoms with E-state index in [1.54, 1.807) is 22.1 Å². The Morgan fingerprint density at radius 1 is 1.31 bits per heavy atom. The Kier molecular flexibility index (Phi) is 4.44. The molecule has 4 heterocycles. The smallest absolute Gasteiger partial charge is 0.266 e. The Morgan fingerprint density at radius 2 is 2.15 bits per heavy atom. The highest BCUT2D eigenvalue weighted by Crippen LogP contribution is 2.23. The Bertz CT molecular complexity index is 936. The second kappa shape index (κ2) is 6.63. The molecule has 0 saturated carbocycles. The highest BCUT2D eigenvalue weighted by molar-refractivity contribution is 7.15. The van der Waals surface area contributed by atoms with E-state index in [2.05, 4.69) is 41.4 Å². The number of thiazole rings is 1. The maximum atomic E-state index is 12.3. The predicted octanol–water partition coefficient (Wildman–Crippen LogP) is 2.91. The summed E-state index contributed by atoms with van der Waals surface area (Å²) >= 11 is 1.65. The molecule has 0 bridgehead atoms. The second-order valence-corrected chi connectivity index (χ2v) is 8.95. The molecule has 1 aliphatic heterocycles. The van der Waals surface area contributed by atoms with E-state index in [4.69, 9.17) is 4.98 Å². The van der Waals surface area contributed by atoms with E-state index >= 15 is 0 Å². The van der Waals surface area contributed by atoms with Crippen LogP contribution in [0.2, 0.25) is 0 Å². The fraction of sp³-hybridized carbons (Fsp3) is 0.526. The maximum Gasteiger partial charge on any atom is 0.266 e. The van der Waals surface area contributed by atoms with Gasteiger partial charge in [-0.3, -0.25) is 14.1 Å². The van der Waals surface area contributed by atoms with E-state index in [1.165, 1.54) is 0 Å². The normalized spacial score (nSPS) is 18.8. The van der Waals surface area contributed by atoms with Gasteiger partial charge in [-0.25, -0.2) is 9.67 Å². The standard InChI is InChI=1S/C19H25N5OS/c1-19(2,3)16-6-7-17(25)24(21-16)13-15-5-4-8-22(15)11-14-12-23-9-10-26-18(23)20-14/h6-7,9-10,12,15H,4-5,8,11,13H2,1-3H3. The third-order valence-electron chi connectivity index (χ3n) is 5.03. The lowest BCUT2D eigenvalue weighted by Crippen LogP contribution is -2.37. The first-order chi connectivity index (χ1) is 12.4. The molecule has 1 unspecified atom stereocenters. The molecule has 4 rings (SSSR count). The van der Waals surface area contributed by atoms with Crippen LogP contribution in [0, 0.1) is 0 Å². The van der Waals surface area contributed by atoms with Crippen LogP contribution in [-0.4, -0.2) is 36.7 Å². The van der Waals surface area contributed by atoms with Crippen LogP contribution < -0.4 is 5.56 Å². The van der Waals surface area contributed by atoms with Gasteiger partial charge in [-0.1, -0.05) is 20.8 Å². The monoisotopic (exact) mass is 371 g/mol. The molecule has 6 nitrogen and oxygen atoms in total. The van der Waals surface area contributed by atoms with Crippen molar-refractivity contribution in [3.63, 3.8) is 0 Å². The van der Waals surface area contributed by atoms with Crippen LogP contribution in [-0.2, 0) is 18.5 Å². The van der Waals surface area contributed by atoms with Crippen molar-refractivity contribution in [1.29, 1.82) is 0 Å². The van der Waals surface area contributed by atoms with Crippen LogP contribution in [0.3, 0.4) is 0 Å². The zero-order valence-corrected chi connectivity index (χ0v) is 16.4. The number of fused-ring (bicyclic) bond motifs is 1. The van der Waals surface area contributed by atoms with Gasteiger partial charge in [-0.2, -0.15) is 5.10 Å². The Morgan fingerprint density at radius 3 is 2.92 bits per heavy atom. The Hall–Kier alpha value is -1.99. The molecule has 7 heteroatoms. The second-order valence-electron chi connectivity index (χ2n) is 8.08. The molecule has 0 radical (unpaired) electrons. The van der Waals surface area contributed by atoms with Crippen LogP contribution in [0.25, 0.3) is 4.96 Å². The van der Waals surface area contributed by atoms with Gasteiger partial charge in [0.1, 0.15) is 0 Å². The van der Waals surface area contributed by atoms with Gasteiger partial charge in [0.05, 0.1) is 17.9 Å². The molecule has 0 amide bonds. The van der Waals surface area contributed by atoms with Crippen LogP contribution >= 0.6 is 11.3 Å². The van der Waals surface area contributed by atoms with Crippen LogP contribution in [0.5, 0.6) is 0 Å². The van der Waals surface area contributed by atoms with Gasteiger partial charge in [-0.05, 0) is 25.5 Å². The molecule has 1 fully saturated rings. The number of likely N-dealkylation sites (tertiary alicyclic amines) is 1. The van der Waals surface area contributed by atoms with E-state index in [9.17, 15) is 4.79 Å². The number of hydrogen-bond donors (Lipinski definition) is 0. The third-order valence-corrected chi connectivity index (χ3v) is 5.80. The summed E-state index contributed by atoms with van der Waals surface area (Å²) in [4.78, 5) is 20.5. The van der Waals surface area contributed by atoms with Gasteiger partial charge < -0.3 is 0 Å². The van der Waals surface area contributed by atoms with Crippen molar-refractivity contribution >= 4 is 16.3 Å². The van der Waals surface area contributed by atoms with Crippen LogP contribution in [0.15, 0.2) is 34.7 Å². The number of hydrogen-bond acceptors (Lipinski definition) is 5. The van der Waals surface area contributed by atoms with Crippen LogP contribution in [0.4, 0.5) is 0 Å². The summed E-state index contributed by atoms with van der Waals surface area (Å²) in [5, 5.41) is 6.68. The minimum atomic E-state index is -0.0625. The quantitative estimate of drug-likeness (QED) is 0.708. The molecule has 0 aromatic carbocycles. The Labute approximate surface area is 157 Å². The van der Waals surface area contributed by atoms with Gasteiger partial charge in [0.15, 0.2) is 4.96 Å². The van der Waals surface area contributed by atoms with Gasteiger partial charge in [-0.15, -0.1) is 11.3 Å². The van der Waals surface area contributed by atoms with Crippen LogP contribution in [0.1, 0.15) is 45.0 Å². The number of rotatable bonds is 4. The minimum absolute atomic E-state index is 0.0210. The first-order valence-corrected chi connectivity index (χ1v) is 10.0. The Balaban J connectivity index is 1.52. The summed E-state index contributed by atoms with van der Waals surface area (Å²) in [5.74, 6) is 0. The SMILES string of the molecule is CC(C)(C)c1ccc(=O)n(CC2CCCN2Cc2cn3ccsc3n2)n1. The average Bonchev–Trinajstić information content (AvgIpc) is 3.26. The first-order valence-electron chi connectivity index (χ1n) is 9.14. The molecule has 0 spiro atoms. The number of nitrogens with zero attached hydrogens (tertiary/aromatic N) is 5. The van der Waals surface area contributed by atoms with Gasteiger partial charge in [0.2, 0.25) is 0 Å². The molecule has 1 aliphatic rings. The highest BCUT2D eigenvalue weighted by atomic mass is 32.1. The highest BCUT2D eigenvalue weighted by Gasteiger charge is 2.27. The van der Waals surface area contributed by atoms with Crippen molar-refractivity contribution < 1.29 is 0 Å². The lowest BCUT2D eigenvalue weighted by Gasteiger charge is -2.25. The van der Waals surface area contributed by atoms with E-state index in [0.29, 0.717) is 12.6 Å². The molecule has 3 aromatic heterocycles. The average molecular weight is 372 g/mol. The van der Waals surface area contributed by atoms with Crippen molar-refractivity contribution in [2.45, 2.75) is 58.2 Å². The molecule has 138 valence electrons. The number of aromatic nitrogens is 4. The van der Waals surface area contributed by atoms with Gasteiger partial charge >= 0.3 is 0 Å².